The van der Waals surface area contributed by atoms with E-state index >= 15 is 0 Å². The van der Waals surface area contributed by atoms with E-state index in [9.17, 15) is 4.79 Å². The van der Waals surface area contributed by atoms with E-state index in [0.717, 1.165) is 16.3 Å². The van der Waals surface area contributed by atoms with Crippen LogP contribution in [0.2, 0.25) is 0 Å². The molecule has 1 aromatic heterocycles. The average Bonchev–Trinajstić information content (AvgIpc) is 2.77. The zero-order valence-electron chi connectivity index (χ0n) is 11.7. The molecule has 0 aliphatic heterocycles. The van der Waals surface area contributed by atoms with Crippen LogP contribution in [0.25, 0.3) is 0 Å². The quantitative estimate of drug-likeness (QED) is 0.931. The number of hydrogen-bond donors (Lipinski definition) is 1. The molecule has 1 N–H and O–H groups in total. The smallest absolute Gasteiger partial charge is 0.252 e. The summed E-state index contributed by atoms with van der Waals surface area (Å²) in [6.07, 6.45) is 0. The van der Waals surface area contributed by atoms with E-state index in [0.29, 0.717) is 5.56 Å². The van der Waals surface area contributed by atoms with Crippen LogP contribution in [0.1, 0.15) is 40.5 Å². The van der Waals surface area contributed by atoms with Crippen molar-refractivity contribution in [2.24, 2.45) is 0 Å². The molecule has 0 fully saturated rings. The van der Waals surface area contributed by atoms with E-state index in [2.05, 4.69) is 10.3 Å². The number of nitrogens with one attached hydrogen (secondary N) is 1. The number of amides is 1. The molecule has 2 aromatic rings. The highest BCUT2D eigenvalue weighted by Gasteiger charge is 2.26. The summed E-state index contributed by atoms with van der Waals surface area (Å²) in [6, 6.07) is 7.56. The van der Waals surface area contributed by atoms with Gasteiger partial charge in [0, 0.05) is 16.6 Å². The highest BCUT2D eigenvalue weighted by Crippen LogP contribution is 2.24. The minimum absolute atomic E-state index is 0.0714. The molecule has 0 aliphatic rings. The van der Waals surface area contributed by atoms with Gasteiger partial charge in [-0.2, -0.15) is 0 Å². The summed E-state index contributed by atoms with van der Waals surface area (Å²) in [6.45, 7) is 7.90. The molecule has 1 heterocycles. The van der Waals surface area contributed by atoms with Gasteiger partial charge >= 0.3 is 0 Å². The maximum atomic E-state index is 12.2. The first-order valence-electron chi connectivity index (χ1n) is 6.20. The Balaban J connectivity index is 2.16. The first-order chi connectivity index (χ1) is 8.88. The van der Waals surface area contributed by atoms with Crippen molar-refractivity contribution < 1.29 is 4.79 Å². The number of carbonyl (C=O) groups is 1. The number of thiazole rings is 1. The average molecular weight is 274 g/mol. The Kier molecular flexibility index (Phi) is 3.71. The number of carbonyl (C=O) groups excluding carboxylic acids is 1. The highest BCUT2D eigenvalue weighted by atomic mass is 32.1. The van der Waals surface area contributed by atoms with E-state index < -0.39 is 5.54 Å². The summed E-state index contributed by atoms with van der Waals surface area (Å²) < 4.78 is 0. The van der Waals surface area contributed by atoms with Crippen LogP contribution in [-0.4, -0.2) is 10.9 Å². The second-order valence-corrected chi connectivity index (χ2v) is 6.10. The van der Waals surface area contributed by atoms with Crippen LogP contribution in [0.3, 0.4) is 0 Å². The zero-order chi connectivity index (χ0) is 14.0. The van der Waals surface area contributed by atoms with E-state index in [-0.39, 0.29) is 5.91 Å². The molecule has 2 rings (SSSR count). The van der Waals surface area contributed by atoms with Crippen molar-refractivity contribution in [2.45, 2.75) is 33.2 Å². The highest BCUT2D eigenvalue weighted by molar-refractivity contribution is 7.09. The molecular formula is C15H18N2OS. The first kappa shape index (κ1) is 13.7. The molecule has 0 spiro atoms. The Hall–Kier alpha value is -1.68. The topological polar surface area (TPSA) is 42.0 Å². The standard InChI is InChI=1S/C15H18N2OS/c1-10-5-7-12(8-6-10)13(18)17-15(3,4)14-16-11(2)9-19-14/h5-9H,1-4H3,(H,17,18). The van der Waals surface area contributed by atoms with Crippen LogP contribution >= 0.6 is 11.3 Å². The molecule has 3 nitrogen and oxygen atoms in total. The maximum absolute atomic E-state index is 12.2. The second kappa shape index (κ2) is 5.13. The van der Waals surface area contributed by atoms with E-state index in [4.69, 9.17) is 0 Å². The van der Waals surface area contributed by atoms with Gasteiger partial charge < -0.3 is 5.32 Å². The maximum Gasteiger partial charge on any atom is 0.252 e. The van der Waals surface area contributed by atoms with Gasteiger partial charge in [0.05, 0.1) is 5.54 Å². The lowest BCUT2D eigenvalue weighted by Gasteiger charge is -2.23. The molecular weight excluding hydrogens is 256 g/mol. The molecule has 0 atom stereocenters. The first-order valence-corrected chi connectivity index (χ1v) is 7.08. The van der Waals surface area contributed by atoms with Crippen molar-refractivity contribution >= 4 is 17.2 Å². The number of aromatic nitrogens is 1. The Labute approximate surface area is 117 Å². The molecule has 0 saturated heterocycles. The van der Waals surface area contributed by atoms with Crippen molar-refractivity contribution in [1.82, 2.24) is 10.3 Å². The second-order valence-electron chi connectivity index (χ2n) is 5.24. The molecule has 0 bridgehead atoms. The SMILES string of the molecule is Cc1ccc(C(=O)NC(C)(C)c2nc(C)cs2)cc1. The molecule has 19 heavy (non-hydrogen) atoms. The molecule has 0 unspecified atom stereocenters. The summed E-state index contributed by atoms with van der Waals surface area (Å²) in [5.41, 5.74) is 2.34. The number of benzene rings is 1. The molecule has 0 saturated carbocycles. The zero-order valence-corrected chi connectivity index (χ0v) is 12.5. The minimum Gasteiger partial charge on any atom is -0.341 e. The van der Waals surface area contributed by atoms with Crippen LogP contribution in [0, 0.1) is 13.8 Å². The number of nitrogens with zero attached hydrogens (tertiary/aromatic N) is 1. The lowest BCUT2D eigenvalue weighted by atomic mass is 10.1. The monoisotopic (exact) mass is 274 g/mol. The summed E-state index contributed by atoms with van der Waals surface area (Å²) >= 11 is 1.57. The predicted octanol–water partition coefficient (Wildman–Crippen LogP) is 3.43. The van der Waals surface area contributed by atoms with Gasteiger partial charge in [-0.25, -0.2) is 4.98 Å². The molecule has 1 amide bonds. The number of hydrogen-bond acceptors (Lipinski definition) is 3. The van der Waals surface area contributed by atoms with Gasteiger partial charge in [-0.15, -0.1) is 11.3 Å². The molecule has 1 aromatic carbocycles. The molecule has 100 valence electrons. The Morgan fingerprint density at radius 2 is 1.84 bits per heavy atom. The molecule has 4 heteroatoms. The van der Waals surface area contributed by atoms with Crippen LogP contribution in [0.4, 0.5) is 0 Å². The fraction of sp³-hybridized carbons (Fsp3) is 0.333. The largest absolute Gasteiger partial charge is 0.341 e. The summed E-state index contributed by atoms with van der Waals surface area (Å²) in [5.74, 6) is -0.0714. The third kappa shape index (κ3) is 3.20. The fourth-order valence-corrected chi connectivity index (χ4v) is 2.63. The Morgan fingerprint density at radius 1 is 1.21 bits per heavy atom. The van der Waals surface area contributed by atoms with Gasteiger partial charge in [0.15, 0.2) is 0 Å². The van der Waals surface area contributed by atoms with Crippen LogP contribution in [-0.2, 0) is 5.54 Å². The Bertz CT molecular complexity index is 584. The van der Waals surface area contributed by atoms with Crippen LogP contribution in [0.5, 0.6) is 0 Å². The third-order valence-corrected chi connectivity index (χ3v) is 4.18. The van der Waals surface area contributed by atoms with E-state index in [1.54, 1.807) is 11.3 Å². The number of aryl methyl sites for hydroxylation is 2. The minimum atomic E-state index is -0.457. The Morgan fingerprint density at radius 3 is 2.37 bits per heavy atom. The van der Waals surface area contributed by atoms with E-state index in [1.165, 1.54) is 0 Å². The van der Waals surface area contributed by atoms with Gasteiger partial charge in [-0.05, 0) is 39.8 Å². The van der Waals surface area contributed by atoms with E-state index in [1.807, 2.05) is 57.3 Å². The van der Waals surface area contributed by atoms with Gasteiger partial charge in [-0.3, -0.25) is 4.79 Å². The lowest BCUT2D eigenvalue weighted by Crippen LogP contribution is -2.40. The normalized spacial score (nSPS) is 11.4. The van der Waals surface area contributed by atoms with Crippen molar-refractivity contribution in [1.29, 1.82) is 0 Å². The van der Waals surface area contributed by atoms with Crippen LogP contribution < -0.4 is 5.32 Å². The van der Waals surface area contributed by atoms with Gasteiger partial charge in [-0.1, -0.05) is 17.7 Å². The molecule has 0 radical (unpaired) electrons. The summed E-state index contributed by atoms with van der Waals surface area (Å²) in [7, 11) is 0. The lowest BCUT2D eigenvalue weighted by molar-refractivity contribution is 0.0912. The van der Waals surface area contributed by atoms with Gasteiger partial charge in [0.2, 0.25) is 0 Å². The summed E-state index contributed by atoms with van der Waals surface area (Å²) in [4.78, 5) is 16.7. The third-order valence-electron chi connectivity index (χ3n) is 2.89. The number of rotatable bonds is 3. The van der Waals surface area contributed by atoms with Gasteiger partial charge in [0.25, 0.3) is 5.91 Å². The molecule has 0 aliphatic carbocycles. The fourth-order valence-electron chi connectivity index (χ4n) is 1.76. The van der Waals surface area contributed by atoms with Gasteiger partial charge in [0.1, 0.15) is 5.01 Å². The summed E-state index contributed by atoms with van der Waals surface area (Å²) in [5, 5.41) is 5.95. The van der Waals surface area contributed by atoms with Crippen LogP contribution in [0.15, 0.2) is 29.6 Å². The van der Waals surface area contributed by atoms with Crippen molar-refractivity contribution in [2.75, 3.05) is 0 Å². The predicted molar refractivity (Wildman–Crippen MR) is 78.5 cm³/mol. The van der Waals surface area contributed by atoms with Crippen molar-refractivity contribution in [3.8, 4) is 0 Å². The van der Waals surface area contributed by atoms with Crippen molar-refractivity contribution in [3.05, 3.63) is 51.5 Å². The van der Waals surface area contributed by atoms with Crippen molar-refractivity contribution in [3.63, 3.8) is 0 Å².